The van der Waals surface area contributed by atoms with E-state index in [-0.39, 0.29) is 17.5 Å². The van der Waals surface area contributed by atoms with Crippen LogP contribution in [0, 0.1) is 0 Å². The predicted octanol–water partition coefficient (Wildman–Crippen LogP) is 4.32. The molecule has 0 bridgehead atoms. The van der Waals surface area contributed by atoms with E-state index in [1.54, 1.807) is 55.9 Å². The number of fused-ring (bicyclic) bond motifs is 1. The number of aromatic nitrogens is 3. The van der Waals surface area contributed by atoms with Crippen LogP contribution in [0.2, 0.25) is 0 Å². The zero-order chi connectivity index (χ0) is 22.2. The second-order valence-electron chi connectivity index (χ2n) is 6.46. The number of para-hydroxylation sites is 2. The summed E-state index contributed by atoms with van der Waals surface area (Å²) in [6.07, 6.45) is 3.24. The molecule has 2 N–H and O–H groups in total. The fourth-order valence-electron chi connectivity index (χ4n) is 2.67. The van der Waals surface area contributed by atoms with Crippen LogP contribution in [0.25, 0.3) is 11.0 Å². The number of benzene rings is 2. The van der Waals surface area contributed by atoms with Gasteiger partial charge in [0, 0.05) is 18.0 Å². The van der Waals surface area contributed by atoms with Gasteiger partial charge in [0.1, 0.15) is 5.75 Å². The van der Waals surface area contributed by atoms with Crippen LogP contribution in [0.1, 0.15) is 5.56 Å². The van der Waals surface area contributed by atoms with Gasteiger partial charge in [0.25, 0.3) is 5.91 Å². The number of azo groups is 1. The standard InChI is InChI=1S/C22H19N7O2S/c1-31-17-10-8-16(9-11-17)26-28-21(15-5-4-12-23-13-15)29-27-20(30)14-32-22-24-18-6-2-3-7-19(18)25-22/h2-13H,14H2,1H3,(H,24,25)(H,27,30)/b28-26?,29-21+. The van der Waals surface area contributed by atoms with E-state index >= 15 is 0 Å². The summed E-state index contributed by atoms with van der Waals surface area (Å²) >= 11 is 1.29. The van der Waals surface area contributed by atoms with Crippen LogP contribution in [0.3, 0.4) is 0 Å². The van der Waals surface area contributed by atoms with Gasteiger partial charge >= 0.3 is 0 Å². The molecule has 0 fully saturated rings. The number of imidazole rings is 1. The summed E-state index contributed by atoms with van der Waals surface area (Å²) in [4.78, 5) is 24.0. The molecule has 0 unspecified atom stereocenters. The van der Waals surface area contributed by atoms with Crippen LogP contribution in [0.4, 0.5) is 5.69 Å². The zero-order valence-corrected chi connectivity index (χ0v) is 17.9. The number of H-pyrrole nitrogens is 1. The van der Waals surface area contributed by atoms with Crippen LogP contribution in [-0.4, -0.2) is 39.6 Å². The van der Waals surface area contributed by atoms with Gasteiger partial charge in [-0.3, -0.25) is 9.78 Å². The highest BCUT2D eigenvalue weighted by atomic mass is 32.2. The Morgan fingerprint density at radius 2 is 1.97 bits per heavy atom. The minimum Gasteiger partial charge on any atom is -0.497 e. The second-order valence-corrected chi connectivity index (χ2v) is 7.42. The Balaban J connectivity index is 1.43. The number of nitrogens with one attached hydrogen (secondary N) is 2. The molecule has 10 heteroatoms. The van der Waals surface area contributed by atoms with E-state index < -0.39 is 0 Å². The van der Waals surface area contributed by atoms with Gasteiger partial charge in [0.05, 0.1) is 29.6 Å². The number of thioether (sulfide) groups is 1. The Morgan fingerprint density at radius 3 is 2.72 bits per heavy atom. The molecule has 160 valence electrons. The van der Waals surface area contributed by atoms with Gasteiger partial charge in [-0.25, -0.2) is 10.4 Å². The molecule has 0 spiro atoms. The highest BCUT2D eigenvalue weighted by Crippen LogP contribution is 2.19. The number of carbonyl (C=O) groups is 1. The molecule has 0 aliphatic rings. The summed E-state index contributed by atoms with van der Waals surface area (Å²) in [6.45, 7) is 0. The molecule has 2 aromatic carbocycles. The van der Waals surface area contributed by atoms with Crippen LogP contribution < -0.4 is 10.2 Å². The van der Waals surface area contributed by atoms with Gasteiger partial charge in [-0.1, -0.05) is 23.9 Å². The van der Waals surface area contributed by atoms with Gasteiger partial charge in [0.2, 0.25) is 5.84 Å². The fraction of sp³-hybridized carbons (Fsp3) is 0.0909. The molecule has 1 amide bonds. The second kappa shape index (κ2) is 10.3. The molecule has 0 saturated carbocycles. The Morgan fingerprint density at radius 1 is 1.12 bits per heavy atom. The van der Waals surface area contributed by atoms with Crippen LogP contribution in [0.15, 0.2) is 93.5 Å². The largest absolute Gasteiger partial charge is 0.497 e. The Kier molecular flexibility index (Phi) is 6.83. The summed E-state index contributed by atoms with van der Waals surface area (Å²) in [5, 5.41) is 13.2. The Bertz CT molecular complexity index is 1220. The molecule has 4 aromatic rings. The SMILES string of the molecule is COc1ccc(N=N/C(=N/NC(=O)CSc2nc3ccccc3[nH]2)c2cccnc2)cc1. The number of carbonyl (C=O) groups excluding carboxylic acids is 1. The molecular weight excluding hydrogens is 426 g/mol. The summed E-state index contributed by atoms with van der Waals surface area (Å²) in [6, 6.07) is 18.3. The maximum absolute atomic E-state index is 12.3. The van der Waals surface area contributed by atoms with Crippen molar-refractivity contribution in [1.82, 2.24) is 20.4 Å². The first kappa shape index (κ1) is 21.2. The van der Waals surface area contributed by atoms with E-state index in [1.165, 1.54) is 11.8 Å². The lowest BCUT2D eigenvalue weighted by molar-refractivity contribution is -0.118. The number of amides is 1. The number of aromatic amines is 1. The molecule has 0 radical (unpaired) electrons. The molecule has 32 heavy (non-hydrogen) atoms. The van der Waals surface area contributed by atoms with Gasteiger partial charge in [0.15, 0.2) is 5.16 Å². The molecule has 0 aliphatic carbocycles. The van der Waals surface area contributed by atoms with E-state index in [4.69, 9.17) is 4.74 Å². The van der Waals surface area contributed by atoms with Crippen LogP contribution >= 0.6 is 11.8 Å². The molecule has 0 saturated heterocycles. The highest BCUT2D eigenvalue weighted by molar-refractivity contribution is 7.99. The number of nitrogens with zero attached hydrogens (tertiary/aromatic N) is 5. The lowest BCUT2D eigenvalue weighted by atomic mass is 10.3. The molecular formula is C22H19N7O2S. The maximum atomic E-state index is 12.3. The quantitative estimate of drug-likeness (QED) is 0.144. The highest BCUT2D eigenvalue weighted by Gasteiger charge is 2.08. The van der Waals surface area contributed by atoms with Crippen molar-refractivity contribution in [2.45, 2.75) is 5.16 Å². The molecule has 2 aromatic heterocycles. The van der Waals surface area contributed by atoms with E-state index in [0.29, 0.717) is 16.4 Å². The minimum absolute atomic E-state index is 0.138. The maximum Gasteiger partial charge on any atom is 0.250 e. The van der Waals surface area contributed by atoms with Gasteiger partial charge in [-0.2, -0.15) is 5.10 Å². The number of pyridine rings is 1. The van der Waals surface area contributed by atoms with Crippen LogP contribution in [0.5, 0.6) is 5.75 Å². The third-order valence-electron chi connectivity index (χ3n) is 4.25. The van der Waals surface area contributed by atoms with Crippen molar-refractivity contribution in [3.05, 3.63) is 78.6 Å². The first-order chi connectivity index (χ1) is 15.7. The minimum atomic E-state index is -0.295. The number of rotatable bonds is 7. The van der Waals surface area contributed by atoms with Gasteiger partial charge < -0.3 is 9.72 Å². The average molecular weight is 446 g/mol. The van der Waals surface area contributed by atoms with E-state index in [2.05, 4.69) is 35.7 Å². The lowest BCUT2D eigenvalue weighted by Gasteiger charge is -2.02. The topological polar surface area (TPSA) is 117 Å². The summed E-state index contributed by atoms with van der Waals surface area (Å²) < 4.78 is 5.14. The number of hydrogen-bond donors (Lipinski definition) is 2. The van der Waals surface area contributed by atoms with Crippen molar-refractivity contribution < 1.29 is 9.53 Å². The molecule has 0 aliphatic heterocycles. The zero-order valence-electron chi connectivity index (χ0n) is 17.1. The van der Waals surface area contributed by atoms with Crippen molar-refractivity contribution in [3.63, 3.8) is 0 Å². The van der Waals surface area contributed by atoms with Gasteiger partial charge in [-0.15, -0.1) is 10.2 Å². The normalized spacial score (nSPS) is 11.7. The molecule has 2 heterocycles. The molecule has 0 atom stereocenters. The summed E-state index contributed by atoms with van der Waals surface area (Å²) in [5.41, 5.74) is 5.54. The Hall–Kier alpha value is -4.05. The molecule has 4 rings (SSSR count). The van der Waals surface area contributed by atoms with Crippen molar-refractivity contribution in [1.29, 1.82) is 0 Å². The Labute approximate surface area is 188 Å². The third-order valence-corrected chi connectivity index (χ3v) is 5.12. The third kappa shape index (κ3) is 5.55. The molecule has 9 nitrogen and oxygen atoms in total. The van der Waals surface area contributed by atoms with Crippen LogP contribution in [-0.2, 0) is 4.79 Å². The average Bonchev–Trinajstić information content (AvgIpc) is 3.27. The fourth-order valence-corrected chi connectivity index (χ4v) is 3.35. The predicted molar refractivity (Wildman–Crippen MR) is 123 cm³/mol. The number of hydrogen-bond acceptors (Lipinski definition) is 7. The number of amidine groups is 1. The number of methoxy groups -OCH3 is 1. The monoisotopic (exact) mass is 445 g/mol. The summed E-state index contributed by atoms with van der Waals surface area (Å²) in [7, 11) is 1.60. The first-order valence-electron chi connectivity index (χ1n) is 9.61. The van der Waals surface area contributed by atoms with E-state index in [9.17, 15) is 4.79 Å². The lowest BCUT2D eigenvalue weighted by Crippen LogP contribution is -2.21. The van der Waals surface area contributed by atoms with Crippen molar-refractivity contribution in [2.75, 3.05) is 12.9 Å². The first-order valence-corrected chi connectivity index (χ1v) is 10.6. The van der Waals surface area contributed by atoms with Crippen molar-refractivity contribution in [3.8, 4) is 5.75 Å². The number of hydrazone groups is 1. The van der Waals surface area contributed by atoms with E-state index in [0.717, 1.165) is 16.8 Å². The van der Waals surface area contributed by atoms with Crippen molar-refractivity contribution >= 4 is 40.2 Å². The van der Waals surface area contributed by atoms with Crippen molar-refractivity contribution in [2.24, 2.45) is 15.3 Å². The number of ether oxygens (including phenoxy) is 1. The summed E-state index contributed by atoms with van der Waals surface area (Å²) in [5.74, 6) is 0.797. The van der Waals surface area contributed by atoms with E-state index in [1.807, 2.05) is 24.3 Å². The smallest absolute Gasteiger partial charge is 0.250 e. The van der Waals surface area contributed by atoms with Gasteiger partial charge in [-0.05, 0) is 48.5 Å².